The summed E-state index contributed by atoms with van der Waals surface area (Å²) >= 11 is 0. The number of nitrogens with one attached hydrogen (secondary N) is 3. The van der Waals surface area contributed by atoms with E-state index in [1.54, 1.807) is 0 Å². The predicted octanol–water partition coefficient (Wildman–Crippen LogP) is 2.87. The van der Waals surface area contributed by atoms with Crippen LogP contribution in [0, 0.1) is 0 Å². The molecule has 0 radical (unpaired) electrons. The van der Waals surface area contributed by atoms with Crippen molar-refractivity contribution in [3.63, 3.8) is 0 Å². The number of hydrogen-bond donors (Lipinski definition) is 3. The molecule has 0 spiro atoms. The third-order valence-electron chi connectivity index (χ3n) is 3.79. The fraction of sp³-hybridized carbons (Fsp3) is 0.294. The Morgan fingerprint density at radius 3 is 1.93 bits per heavy atom. The van der Waals surface area contributed by atoms with Crippen molar-refractivity contribution in [3.8, 4) is 0 Å². The summed E-state index contributed by atoms with van der Waals surface area (Å²) in [6.45, 7) is 1.34. The van der Waals surface area contributed by atoms with Crippen LogP contribution in [0.15, 0.2) is 30.6 Å². The summed E-state index contributed by atoms with van der Waals surface area (Å²) in [5, 5.41) is 2.23. The van der Waals surface area contributed by atoms with E-state index in [4.69, 9.17) is 0 Å². The fourth-order valence-corrected chi connectivity index (χ4v) is 2.45. The molecule has 0 aliphatic rings. The molecule has 162 valence electrons. The van der Waals surface area contributed by atoms with Crippen molar-refractivity contribution < 1.29 is 35.9 Å². The first kappa shape index (κ1) is 23.1. The number of alkyl halides is 6. The summed E-state index contributed by atoms with van der Waals surface area (Å²) in [6, 6.07) is -0.526. The van der Waals surface area contributed by atoms with E-state index in [0.717, 1.165) is 0 Å². The van der Waals surface area contributed by atoms with Crippen LogP contribution in [0.1, 0.15) is 50.6 Å². The van der Waals surface area contributed by atoms with E-state index in [1.807, 2.05) is 0 Å². The third kappa shape index (κ3) is 5.43. The van der Waals surface area contributed by atoms with Crippen LogP contribution in [0.25, 0.3) is 0 Å². The molecule has 1 aromatic heterocycles. The van der Waals surface area contributed by atoms with E-state index in [2.05, 4.69) is 26.1 Å². The summed E-state index contributed by atoms with van der Waals surface area (Å²) in [7, 11) is 1.41. The summed E-state index contributed by atoms with van der Waals surface area (Å²) in [5.41, 5.74) is 0.277. The minimum Gasteiger partial charge on any atom is -0.344 e. The maximum absolute atomic E-state index is 13.0. The number of aromatic nitrogens is 2. The van der Waals surface area contributed by atoms with Gasteiger partial charge in [0.25, 0.3) is 11.8 Å². The third-order valence-corrected chi connectivity index (χ3v) is 3.79. The molecule has 13 heteroatoms. The van der Waals surface area contributed by atoms with Gasteiger partial charge in [0, 0.05) is 25.0 Å². The molecule has 0 aliphatic heterocycles. The number of halogens is 6. The zero-order valence-corrected chi connectivity index (χ0v) is 15.4. The SMILES string of the molecule is CNNC(=O)c1nccnc1C(C)NC(=O)c1cc(C(F)(F)F)cc(C(F)(F)F)c1. The Balaban J connectivity index is 2.38. The lowest BCUT2D eigenvalue weighted by Crippen LogP contribution is -2.37. The van der Waals surface area contributed by atoms with Crippen LogP contribution in [0.5, 0.6) is 0 Å². The van der Waals surface area contributed by atoms with Crippen molar-refractivity contribution in [2.45, 2.75) is 25.3 Å². The molecule has 1 aromatic carbocycles. The Kier molecular flexibility index (Phi) is 6.65. The van der Waals surface area contributed by atoms with E-state index in [-0.39, 0.29) is 17.5 Å². The highest BCUT2D eigenvalue weighted by Crippen LogP contribution is 2.36. The predicted molar refractivity (Wildman–Crippen MR) is 90.9 cm³/mol. The number of hydrazine groups is 1. The Labute approximate surface area is 165 Å². The van der Waals surface area contributed by atoms with Crippen LogP contribution in [-0.2, 0) is 12.4 Å². The average Bonchev–Trinajstić information content (AvgIpc) is 2.66. The molecule has 1 unspecified atom stereocenters. The molecule has 0 bridgehead atoms. The second-order valence-corrected chi connectivity index (χ2v) is 5.98. The van der Waals surface area contributed by atoms with Gasteiger partial charge in [-0.05, 0) is 25.1 Å². The van der Waals surface area contributed by atoms with Crippen molar-refractivity contribution in [1.29, 1.82) is 0 Å². The number of amides is 2. The van der Waals surface area contributed by atoms with Gasteiger partial charge >= 0.3 is 12.4 Å². The second-order valence-electron chi connectivity index (χ2n) is 5.98. The highest BCUT2D eigenvalue weighted by molar-refractivity contribution is 5.96. The van der Waals surface area contributed by atoms with Gasteiger partial charge in [-0.3, -0.25) is 20.0 Å². The topological polar surface area (TPSA) is 96.0 Å². The zero-order chi connectivity index (χ0) is 22.7. The van der Waals surface area contributed by atoms with Crippen LogP contribution >= 0.6 is 0 Å². The summed E-state index contributed by atoms with van der Waals surface area (Å²) < 4.78 is 77.8. The number of hydrogen-bond acceptors (Lipinski definition) is 5. The van der Waals surface area contributed by atoms with Crippen molar-refractivity contribution in [3.05, 3.63) is 58.7 Å². The van der Waals surface area contributed by atoms with Crippen molar-refractivity contribution in [2.75, 3.05) is 7.05 Å². The minimum atomic E-state index is -5.09. The van der Waals surface area contributed by atoms with E-state index in [0.29, 0.717) is 12.1 Å². The molecule has 0 aliphatic carbocycles. The normalized spacial score (nSPS) is 12.9. The molecular formula is C17H15F6N5O2. The second kappa shape index (κ2) is 8.65. The van der Waals surface area contributed by atoms with Crippen LogP contribution < -0.4 is 16.2 Å². The smallest absolute Gasteiger partial charge is 0.344 e. The highest BCUT2D eigenvalue weighted by Gasteiger charge is 2.37. The molecule has 2 amide bonds. The van der Waals surface area contributed by atoms with Crippen molar-refractivity contribution in [1.82, 2.24) is 26.1 Å². The first-order valence-corrected chi connectivity index (χ1v) is 8.23. The molecule has 1 heterocycles. The maximum atomic E-state index is 13.0. The quantitative estimate of drug-likeness (QED) is 0.496. The molecule has 0 saturated carbocycles. The van der Waals surface area contributed by atoms with Gasteiger partial charge in [-0.1, -0.05) is 0 Å². The molecule has 1 atom stereocenters. The first-order valence-electron chi connectivity index (χ1n) is 8.23. The summed E-state index contributed by atoms with van der Waals surface area (Å²) in [6.07, 6.45) is -7.78. The Morgan fingerprint density at radius 2 is 1.43 bits per heavy atom. The van der Waals surface area contributed by atoms with Crippen LogP contribution in [-0.4, -0.2) is 28.8 Å². The van der Waals surface area contributed by atoms with E-state index in [1.165, 1.54) is 26.4 Å². The molecular weight excluding hydrogens is 420 g/mol. The molecule has 2 aromatic rings. The average molecular weight is 435 g/mol. The fourth-order valence-electron chi connectivity index (χ4n) is 2.45. The highest BCUT2D eigenvalue weighted by atomic mass is 19.4. The van der Waals surface area contributed by atoms with E-state index >= 15 is 0 Å². The maximum Gasteiger partial charge on any atom is 0.416 e. The Hall–Kier alpha value is -3.22. The van der Waals surface area contributed by atoms with Crippen LogP contribution in [0.2, 0.25) is 0 Å². The molecule has 0 fully saturated rings. The van der Waals surface area contributed by atoms with Gasteiger partial charge in [-0.15, -0.1) is 0 Å². The van der Waals surface area contributed by atoms with Gasteiger partial charge in [0.2, 0.25) is 0 Å². The van der Waals surface area contributed by atoms with Crippen LogP contribution in [0.4, 0.5) is 26.3 Å². The first-order chi connectivity index (χ1) is 13.8. The number of carbonyl (C=O) groups is 2. The number of nitrogens with zero attached hydrogens (tertiary/aromatic N) is 2. The lowest BCUT2D eigenvalue weighted by molar-refractivity contribution is -0.143. The monoisotopic (exact) mass is 435 g/mol. The van der Waals surface area contributed by atoms with Crippen LogP contribution in [0.3, 0.4) is 0 Å². The van der Waals surface area contributed by atoms with E-state index in [9.17, 15) is 35.9 Å². The van der Waals surface area contributed by atoms with Crippen molar-refractivity contribution in [2.24, 2.45) is 0 Å². The van der Waals surface area contributed by atoms with Gasteiger partial charge < -0.3 is 5.32 Å². The van der Waals surface area contributed by atoms with Gasteiger partial charge in [0.1, 0.15) is 0 Å². The molecule has 7 nitrogen and oxygen atoms in total. The summed E-state index contributed by atoms with van der Waals surface area (Å²) in [4.78, 5) is 32.1. The zero-order valence-electron chi connectivity index (χ0n) is 15.4. The molecule has 30 heavy (non-hydrogen) atoms. The van der Waals surface area contributed by atoms with Gasteiger partial charge in [0.15, 0.2) is 5.69 Å². The van der Waals surface area contributed by atoms with E-state index < -0.39 is 46.9 Å². The molecule has 3 N–H and O–H groups in total. The van der Waals surface area contributed by atoms with Gasteiger partial charge in [-0.25, -0.2) is 10.4 Å². The summed E-state index contributed by atoms with van der Waals surface area (Å²) in [5.74, 6) is -1.93. The van der Waals surface area contributed by atoms with Gasteiger partial charge in [-0.2, -0.15) is 26.3 Å². The lowest BCUT2D eigenvalue weighted by Gasteiger charge is -2.17. The van der Waals surface area contributed by atoms with Gasteiger partial charge in [0.05, 0.1) is 22.9 Å². The van der Waals surface area contributed by atoms with Crippen molar-refractivity contribution >= 4 is 11.8 Å². The number of rotatable bonds is 5. The molecule has 0 saturated heterocycles. The number of carbonyl (C=O) groups excluding carboxylic acids is 2. The standard InChI is InChI=1S/C17H15F6N5O2/c1-8(12-13(15(30)28-24-2)26-4-3-25-12)27-14(29)9-5-10(16(18,19)20)7-11(6-9)17(21,22)23/h3-8,24H,1-2H3,(H,27,29)(H,28,30). The number of benzene rings is 1. The Bertz CT molecular complexity index is 913. The minimum absolute atomic E-state index is 0.0402. The molecule has 2 rings (SSSR count). The largest absolute Gasteiger partial charge is 0.416 e. The Morgan fingerprint density at radius 1 is 0.900 bits per heavy atom. The lowest BCUT2D eigenvalue weighted by atomic mass is 10.0.